The minimum absolute atomic E-state index is 0.00662. The van der Waals surface area contributed by atoms with Crippen molar-refractivity contribution in [3.05, 3.63) is 24.0 Å². The molecule has 0 radical (unpaired) electrons. The number of aliphatic hydroxyl groups excluding tert-OH is 1. The smallest absolute Gasteiger partial charge is 0.309 e. The second kappa shape index (κ2) is 21.1. The zero-order chi connectivity index (χ0) is 48.6. The van der Waals surface area contributed by atoms with Crippen molar-refractivity contribution in [2.24, 2.45) is 41.4 Å². The Labute approximate surface area is 395 Å². The van der Waals surface area contributed by atoms with Crippen LogP contribution in [0.1, 0.15) is 146 Å². The molecule has 6 rings (SSSR count). The number of aliphatic hydroxyl groups is 2. The molecule has 6 heterocycles. The van der Waals surface area contributed by atoms with Gasteiger partial charge in [0.05, 0.1) is 65.5 Å². The first-order valence-corrected chi connectivity index (χ1v) is 28.7. The second-order valence-corrected chi connectivity index (χ2v) is 26.3. The number of carbonyl (C=O) groups is 2. The average Bonchev–Trinajstić information content (AvgIpc) is 3.86. The summed E-state index contributed by atoms with van der Waals surface area (Å²) in [5.41, 5.74) is -0.859. The molecule has 15 nitrogen and oxygen atoms in total. The Morgan fingerprint density at radius 3 is 2.32 bits per heavy atom. The van der Waals surface area contributed by atoms with Crippen LogP contribution in [-0.4, -0.2) is 121 Å². The van der Waals surface area contributed by atoms with Crippen molar-refractivity contribution in [2.45, 2.75) is 238 Å². The molecule has 1 aromatic rings. The Hall–Kier alpha value is -2.12. The number of aliphatic carboxylic acids is 1. The van der Waals surface area contributed by atoms with Crippen LogP contribution in [0.3, 0.4) is 0 Å². The fourth-order valence-corrected chi connectivity index (χ4v) is 13.2. The van der Waals surface area contributed by atoms with E-state index in [-0.39, 0.29) is 41.8 Å². The van der Waals surface area contributed by atoms with E-state index in [9.17, 15) is 29.7 Å². The summed E-state index contributed by atoms with van der Waals surface area (Å²) >= 11 is 0. The van der Waals surface area contributed by atoms with E-state index < -0.39 is 85.1 Å². The van der Waals surface area contributed by atoms with Crippen LogP contribution in [-0.2, 0) is 46.4 Å². The number of Topliss-reactive ketones (excluding diaryl/α,β-unsaturated/α-hetero) is 1. The van der Waals surface area contributed by atoms with E-state index in [0.29, 0.717) is 64.5 Å². The number of aromatic nitrogens is 3. The third-order valence-electron chi connectivity index (χ3n) is 16.7. The lowest BCUT2D eigenvalue weighted by Crippen LogP contribution is -2.65. The van der Waals surface area contributed by atoms with Gasteiger partial charge in [-0.25, -0.2) is 0 Å². The Balaban J connectivity index is 1.23. The van der Waals surface area contributed by atoms with Crippen molar-refractivity contribution in [1.29, 1.82) is 0 Å². The van der Waals surface area contributed by atoms with E-state index in [1.54, 1.807) is 6.92 Å². The molecule has 4 fully saturated rings. The van der Waals surface area contributed by atoms with Crippen LogP contribution in [0.2, 0.25) is 19.1 Å². The maximum Gasteiger partial charge on any atom is 0.309 e. The topological polar surface area (TPSA) is 204 Å². The number of carboxylic acids is 1. The first-order valence-electron chi connectivity index (χ1n) is 25.5. The predicted octanol–water partition coefficient (Wildman–Crippen LogP) is 7.16. The third-order valence-corrected chi connectivity index (χ3v) is 18.3. The van der Waals surface area contributed by atoms with Crippen LogP contribution < -0.4 is 5.32 Å². The maximum absolute atomic E-state index is 14.8. The van der Waals surface area contributed by atoms with Crippen LogP contribution in [0.4, 0.5) is 0 Å². The normalized spacial score (nSPS) is 39.7. The molecule has 18 atom stereocenters. The summed E-state index contributed by atoms with van der Waals surface area (Å²) in [7, 11) is -2.16. The summed E-state index contributed by atoms with van der Waals surface area (Å²) in [5, 5.41) is 45.6. The zero-order valence-corrected chi connectivity index (χ0v) is 43.2. The van der Waals surface area contributed by atoms with Crippen LogP contribution in [0.5, 0.6) is 0 Å². The van der Waals surface area contributed by atoms with Gasteiger partial charge >= 0.3 is 5.97 Å². The highest BCUT2D eigenvalue weighted by Gasteiger charge is 2.63. The number of carboxylic acid groups (broad SMARTS) is 1. The summed E-state index contributed by atoms with van der Waals surface area (Å²) in [6.07, 6.45) is 10.1. The number of ether oxygens (including phenoxy) is 5. The standard InChI is InChI=1S/C50H86N4O11Si/c1-13-37(46(57)58)39-18-17-30(4)44(62-39)34(8)42(55)33(7)43(56)38(14-2)45-31(5)27-32(6)49(63-45)22-19-40(51-28-36-29-54(53-52-36)25-16-26-66(11,12)60)50(65-49)24-23-47(10,64-50)41-20-21-48(59,15-3)35(9)61-41/h19,22,29-35,37-42,44-45,51,55,59-60H,13-18,20-21,23-28H2,1-12H3,(H,57,58)/t30-,31-,32+,33-,34-,35-,37+,38-,39+,40+,41+,42+,44+,45-,47-,48+,49-,50-/m0/s1. The van der Waals surface area contributed by atoms with Gasteiger partial charge in [0, 0.05) is 49.4 Å². The summed E-state index contributed by atoms with van der Waals surface area (Å²) in [5.74, 6) is -5.61. The number of ketones is 1. The molecule has 0 aliphatic carbocycles. The molecular weight excluding hydrogens is 861 g/mol. The number of nitrogens with one attached hydrogen (secondary N) is 1. The molecule has 5 aliphatic heterocycles. The van der Waals surface area contributed by atoms with Crippen molar-refractivity contribution in [2.75, 3.05) is 0 Å². The molecule has 2 spiro atoms. The van der Waals surface area contributed by atoms with Crippen LogP contribution in [0.15, 0.2) is 18.3 Å². The fourth-order valence-electron chi connectivity index (χ4n) is 12.1. The van der Waals surface area contributed by atoms with E-state index in [4.69, 9.17) is 23.7 Å². The van der Waals surface area contributed by atoms with Crippen molar-refractivity contribution >= 4 is 20.1 Å². The van der Waals surface area contributed by atoms with Crippen LogP contribution >= 0.6 is 0 Å². The maximum atomic E-state index is 14.8. The number of carbonyl (C=O) groups excluding carboxylic acids is 1. The fraction of sp³-hybridized carbons (Fsp3) is 0.880. The molecule has 0 unspecified atom stereocenters. The minimum atomic E-state index is -2.16. The molecule has 0 aromatic carbocycles. The van der Waals surface area contributed by atoms with Gasteiger partial charge in [-0.2, -0.15) is 0 Å². The van der Waals surface area contributed by atoms with Gasteiger partial charge in [-0.15, -0.1) is 5.10 Å². The van der Waals surface area contributed by atoms with E-state index in [1.165, 1.54) is 0 Å². The summed E-state index contributed by atoms with van der Waals surface area (Å²) in [6, 6.07) is 0.373. The van der Waals surface area contributed by atoms with Gasteiger partial charge in [-0.1, -0.05) is 66.7 Å². The molecule has 0 saturated carbocycles. The van der Waals surface area contributed by atoms with Gasteiger partial charge in [-0.05, 0) is 115 Å². The van der Waals surface area contributed by atoms with Crippen molar-refractivity contribution in [1.82, 2.24) is 20.3 Å². The van der Waals surface area contributed by atoms with Gasteiger partial charge in [0.1, 0.15) is 5.78 Å². The molecule has 5 N–H and O–H groups in total. The molecular formula is C50H86N4O11Si. The van der Waals surface area contributed by atoms with E-state index in [1.807, 2.05) is 64.7 Å². The Morgan fingerprint density at radius 1 is 0.970 bits per heavy atom. The quantitative estimate of drug-likeness (QED) is 0.0690. The van der Waals surface area contributed by atoms with E-state index in [2.05, 4.69) is 49.4 Å². The molecule has 0 bridgehead atoms. The Bertz CT molecular complexity index is 1830. The molecule has 16 heteroatoms. The Morgan fingerprint density at radius 2 is 1.68 bits per heavy atom. The Kier molecular flexibility index (Phi) is 17.0. The molecule has 66 heavy (non-hydrogen) atoms. The van der Waals surface area contributed by atoms with Gasteiger partial charge < -0.3 is 49.1 Å². The number of aryl methyl sites for hydroxylation is 1. The van der Waals surface area contributed by atoms with E-state index >= 15 is 0 Å². The van der Waals surface area contributed by atoms with Crippen molar-refractivity contribution in [3.63, 3.8) is 0 Å². The summed E-state index contributed by atoms with van der Waals surface area (Å²) in [6.45, 7) is 24.9. The molecule has 0 amide bonds. The lowest BCUT2D eigenvalue weighted by atomic mass is 9.72. The summed E-state index contributed by atoms with van der Waals surface area (Å²) in [4.78, 5) is 37.2. The van der Waals surface area contributed by atoms with Gasteiger partial charge in [0.25, 0.3) is 0 Å². The van der Waals surface area contributed by atoms with Crippen molar-refractivity contribution < 1.29 is 53.4 Å². The highest BCUT2D eigenvalue weighted by Crippen LogP contribution is 2.54. The average molecular weight is 947 g/mol. The second-order valence-electron chi connectivity index (χ2n) is 22.2. The number of hydrogen-bond donors (Lipinski definition) is 5. The van der Waals surface area contributed by atoms with Gasteiger partial charge in [-0.3, -0.25) is 14.3 Å². The third kappa shape index (κ3) is 11.2. The molecule has 4 saturated heterocycles. The number of rotatable bonds is 19. The van der Waals surface area contributed by atoms with Gasteiger partial charge in [0.15, 0.2) is 19.9 Å². The molecule has 376 valence electrons. The molecule has 1 aromatic heterocycles. The monoisotopic (exact) mass is 947 g/mol. The minimum Gasteiger partial charge on any atom is -0.481 e. The van der Waals surface area contributed by atoms with Crippen LogP contribution in [0, 0.1) is 41.4 Å². The highest BCUT2D eigenvalue weighted by molar-refractivity contribution is 6.69. The SMILES string of the molecule is CC[C@@H](C(=O)[C@@H](C)[C@@H](O)[C@H](C)[C@@H]1O[C@@H]([C@@H](CC)C(=O)O)CC[C@@H]1C)[C@H]1O[C@]2(C=C[C@@H](NCc3cn(CCC[Si](C)(C)O)nn3)[C@]3(CC[C@@](C)([C@H]4CC[C@](O)(CC)[C@H](C)O4)O3)O2)[C@H](C)C[C@@H]1C. The van der Waals surface area contributed by atoms with Gasteiger partial charge in [0.2, 0.25) is 0 Å². The van der Waals surface area contributed by atoms with Crippen molar-refractivity contribution in [3.8, 4) is 0 Å². The summed E-state index contributed by atoms with van der Waals surface area (Å²) < 4.78 is 36.9. The number of nitrogens with zero attached hydrogens (tertiary/aromatic N) is 3. The largest absolute Gasteiger partial charge is 0.481 e. The highest BCUT2D eigenvalue weighted by atomic mass is 28.4. The van der Waals surface area contributed by atoms with Crippen LogP contribution in [0.25, 0.3) is 0 Å². The van der Waals surface area contributed by atoms with E-state index in [0.717, 1.165) is 31.0 Å². The molecule has 5 aliphatic rings. The lowest BCUT2D eigenvalue weighted by Gasteiger charge is -2.55. The first kappa shape index (κ1) is 53.2. The number of hydrogen-bond acceptors (Lipinski definition) is 13. The first-order chi connectivity index (χ1) is 30.9. The predicted molar refractivity (Wildman–Crippen MR) is 252 cm³/mol. The lowest BCUT2D eigenvalue weighted by molar-refractivity contribution is -0.398. The zero-order valence-electron chi connectivity index (χ0n) is 42.2.